The van der Waals surface area contributed by atoms with Gasteiger partial charge in [-0.3, -0.25) is 4.40 Å². The molecule has 172 valence electrons. The van der Waals surface area contributed by atoms with Gasteiger partial charge in [0.1, 0.15) is 5.65 Å². The third kappa shape index (κ3) is 5.19. The standard InChI is InChI=1S/C24H33N5O2S/c1-5-32-24-26-20(16-23-25-10-13-29(23)24)18-7-8-21(30-4)22(15-18)31-14-6-11-28-12-9-19(17-28)27(2)3/h7-8,10,13,15-16,19H,5-6,9,11-12,14,17H2,1-4H3. The molecule has 7 nitrogen and oxygen atoms in total. The number of benzene rings is 1. The number of likely N-dealkylation sites (tertiary alicyclic amines) is 1. The Balaban J connectivity index is 1.44. The quantitative estimate of drug-likeness (QED) is 0.261. The number of likely N-dealkylation sites (N-methyl/N-ethyl adjacent to an activating group) is 1. The predicted molar refractivity (Wildman–Crippen MR) is 130 cm³/mol. The van der Waals surface area contributed by atoms with Crippen LogP contribution in [0.2, 0.25) is 0 Å². The fraction of sp³-hybridized carbons (Fsp3) is 0.500. The Kier molecular flexibility index (Phi) is 7.55. The molecule has 0 bridgehead atoms. The van der Waals surface area contributed by atoms with E-state index in [1.54, 1.807) is 18.9 Å². The summed E-state index contributed by atoms with van der Waals surface area (Å²) in [6, 6.07) is 8.69. The lowest BCUT2D eigenvalue weighted by molar-refractivity contribution is 0.238. The zero-order valence-electron chi connectivity index (χ0n) is 19.5. The zero-order valence-corrected chi connectivity index (χ0v) is 20.3. The van der Waals surface area contributed by atoms with Crippen LogP contribution in [-0.2, 0) is 0 Å². The second-order valence-corrected chi connectivity index (χ2v) is 9.52. The highest BCUT2D eigenvalue weighted by molar-refractivity contribution is 7.99. The number of ether oxygens (including phenoxy) is 2. The Morgan fingerprint density at radius 3 is 2.84 bits per heavy atom. The van der Waals surface area contributed by atoms with Crippen LogP contribution in [0.3, 0.4) is 0 Å². The summed E-state index contributed by atoms with van der Waals surface area (Å²) in [6.45, 7) is 6.16. The first-order chi connectivity index (χ1) is 15.6. The second kappa shape index (κ2) is 10.6. The van der Waals surface area contributed by atoms with Crippen molar-refractivity contribution in [3.05, 3.63) is 36.7 Å². The summed E-state index contributed by atoms with van der Waals surface area (Å²) in [5.74, 6) is 2.45. The lowest BCUT2D eigenvalue weighted by Gasteiger charge is -2.20. The molecule has 1 atom stereocenters. The van der Waals surface area contributed by atoms with Crippen LogP contribution in [0.15, 0.2) is 41.8 Å². The van der Waals surface area contributed by atoms with Crippen molar-refractivity contribution in [1.29, 1.82) is 0 Å². The van der Waals surface area contributed by atoms with Gasteiger partial charge in [-0.1, -0.05) is 18.7 Å². The maximum absolute atomic E-state index is 6.16. The van der Waals surface area contributed by atoms with Crippen LogP contribution >= 0.6 is 11.8 Å². The molecule has 0 N–H and O–H groups in total. The number of rotatable bonds is 10. The first kappa shape index (κ1) is 22.9. The van der Waals surface area contributed by atoms with Crippen molar-refractivity contribution in [2.45, 2.75) is 31.0 Å². The van der Waals surface area contributed by atoms with E-state index in [0.29, 0.717) is 12.6 Å². The molecule has 8 heteroatoms. The van der Waals surface area contributed by atoms with Crippen LogP contribution in [0.25, 0.3) is 16.9 Å². The molecule has 4 rings (SSSR count). The molecule has 1 aromatic carbocycles. The van der Waals surface area contributed by atoms with Gasteiger partial charge in [0.25, 0.3) is 0 Å². The van der Waals surface area contributed by atoms with Crippen LogP contribution in [0, 0.1) is 0 Å². The number of fused-ring (bicyclic) bond motifs is 1. The maximum atomic E-state index is 6.16. The number of methoxy groups -OCH3 is 1. The van der Waals surface area contributed by atoms with Gasteiger partial charge in [-0.25, -0.2) is 9.97 Å². The summed E-state index contributed by atoms with van der Waals surface area (Å²) in [4.78, 5) is 14.2. The van der Waals surface area contributed by atoms with Crippen molar-refractivity contribution < 1.29 is 9.47 Å². The first-order valence-corrected chi connectivity index (χ1v) is 12.2. The molecule has 2 aromatic heterocycles. The van der Waals surface area contributed by atoms with Gasteiger partial charge in [-0.2, -0.15) is 0 Å². The molecule has 0 spiro atoms. The van der Waals surface area contributed by atoms with Gasteiger partial charge in [0.15, 0.2) is 16.7 Å². The van der Waals surface area contributed by atoms with Gasteiger partial charge < -0.3 is 19.3 Å². The minimum absolute atomic E-state index is 0.659. The fourth-order valence-corrected chi connectivity index (χ4v) is 4.84. The summed E-state index contributed by atoms with van der Waals surface area (Å²) < 4.78 is 13.7. The number of aromatic nitrogens is 3. The molecule has 3 aromatic rings. The molecule has 3 heterocycles. The highest BCUT2D eigenvalue weighted by Gasteiger charge is 2.23. The molecule has 0 saturated carbocycles. The second-order valence-electron chi connectivity index (χ2n) is 8.29. The third-order valence-corrected chi connectivity index (χ3v) is 6.78. The van der Waals surface area contributed by atoms with Gasteiger partial charge in [-0.05, 0) is 57.4 Å². The van der Waals surface area contributed by atoms with Gasteiger partial charge in [0.05, 0.1) is 19.4 Å². The van der Waals surface area contributed by atoms with Crippen LogP contribution in [0.4, 0.5) is 0 Å². The lowest BCUT2D eigenvalue weighted by atomic mass is 10.1. The van der Waals surface area contributed by atoms with E-state index in [1.807, 2.05) is 41.1 Å². The highest BCUT2D eigenvalue weighted by atomic mass is 32.2. The average Bonchev–Trinajstić information content (AvgIpc) is 3.46. The van der Waals surface area contributed by atoms with E-state index in [9.17, 15) is 0 Å². The van der Waals surface area contributed by atoms with E-state index < -0.39 is 0 Å². The summed E-state index contributed by atoms with van der Waals surface area (Å²) in [6.07, 6.45) is 6.00. The van der Waals surface area contributed by atoms with Crippen molar-refractivity contribution in [2.24, 2.45) is 0 Å². The molecular weight excluding hydrogens is 422 g/mol. The Bertz CT molecular complexity index is 1040. The van der Waals surface area contributed by atoms with Crippen LogP contribution in [-0.4, -0.2) is 83.4 Å². The molecule has 1 aliphatic rings. The van der Waals surface area contributed by atoms with E-state index in [1.165, 1.54) is 13.0 Å². The smallest absolute Gasteiger partial charge is 0.174 e. The van der Waals surface area contributed by atoms with Crippen molar-refractivity contribution in [3.63, 3.8) is 0 Å². The Hall–Kier alpha value is -2.29. The monoisotopic (exact) mass is 455 g/mol. The molecular formula is C24H33N5O2S. The Labute approximate surface area is 194 Å². The van der Waals surface area contributed by atoms with Crippen LogP contribution in [0.5, 0.6) is 11.5 Å². The average molecular weight is 456 g/mol. The number of nitrogens with zero attached hydrogens (tertiary/aromatic N) is 5. The summed E-state index contributed by atoms with van der Waals surface area (Å²) in [5.41, 5.74) is 2.78. The lowest BCUT2D eigenvalue weighted by Crippen LogP contribution is -2.32. The molecule has 1 aliphatic heterocycles. The van der Waals surface area contributed by atoms with Crippen molar-refractivity contribution in [3.8, 4) is 22.8 Å². The Morgan fingerprint density at radius 2 is 2.09 bits per heavy atom. The molecule has 0 aliphatic carbocycles. The molecule has 1 unspecified atom stereocenters. The SMILES string of the molecule is CCSc1nc(-c2ccc(OC)c(OCCCN3CCC(N(C)C)C3)c2)cc2nccn12. The van der Waals surface area contributed by atoms with Crippen molar-refractivity contribution in [1.82, 2.24) is 24.2 Å². The van der Waals surface area contributed by atoms with E-state index in [-0.39, 0.29) is 0 Å². The van der Waals surface area contributed by atoms with Gasteiger partial charge in [0, 0.05) is 43.2 Å². The predicted octanol–water partition coefficient (Wildman–Crippen LogP) is 3.92. The summed E-state index contributed by atoms with van der Waals surface area (Å²) in [7, 11) is 6.01. The normalized spacial score (nSPS) is 16.8. The third-order valence-electron chi connectivity index (χ3n) is 5.94. The highest BCUT2D eigenvalue weighted by Crippen LogP contribution is 2.33. The minimum atomic E-state index is 0.659. The first-order valence-electron chi connectivity index (χ1n) is 11.3. The number of hydrogen-bond acceptors (Lipinski definition) is 7. The topological polar surface area (TPSA) is 55.1 Å². The van der Waals surface area contributed by atoms with E-state index in [0.717, 1.165) is 58.8 Å². The molecule has 0 amide bonds. The van der Waals surface area contributed by atoms with Crippen LogP contribution < -0.4 is 9.47 Å². The molecule has 0 radical (unpaired) electrons. The number of thioether (sulfide) groups is 1. The van der Waals surface area contributed by atoms with E-state index >= 15 is 0 Å². The zero-order chi connectivity index (χ0) is 22.5. The fourth-order valence-electron chi connectivity index (χ4n) is 4.13. The Morgan fingerprint density at radius 1 is 1.22 bits per heavy atom. The maximum Gasteiger partial charge on any atom is 0.174 e. The van der Waals surface area contributed by atoms with Gasteiger partial charge in [-0.15, -0.1) is 0 Å². The van der Waals surface area contributed by atoms with Crippen LogP contribution in [0.1, 0.15) is 19.8 Å². The number of hydrogen-bond donors (Lipinski definition) is 0. The number of imidazole rings is 1. The van der Waals surface area contributed by atoms with Crippen molar-refractivity contribution >= 4 is 17.4 Å². The summed E-state index contributed by atoms with van der Waals surface area (Å²) >= 11 is 1.71. The van der Waals surface area contributed by atoms with E-state index in [2.05, 4.69) is 35.8 Å². The molecule has 32 heavy (non-hydrogen) atoms. The van der Waals surface area contributed by atoms with Gasteiger partial charge >= 0.3 is 0 Å². The minimum Gasteiger partial charge on any atom is -0.493 e. The summed E-state index contributed by atoms with van der Waals surface area (Å²) in [5, 5.41) is 0.942. The van der Waals surface area contributed by atoms with Crippen molar-refractivity contribution in [2.75, 3.05) is 53.2 Å². The molecule has 1 fully saturated rings. The van der Waals surface area contributed by atoms with Gasteiger partial charge in [0.2, 0.25) is 0 Å². The largest absolute Gasteiger partial charge is 0.493 e. The molecule has 1 saturated heterocycles. The van der Waals surface area contributed by atoms with E-state index in [4.69, 9.17) is 14.5 Å².